The Morgan fingerprint density at radius 2 is 1.73 bits per heavy atom. The number of likely N-dealkylation sites (N-methyl/N-ethyl adjacent to an activating group) is 1. The van der Waals surface area contributed by atoms with Crippen molar-refractivity contribution >= 4 is 22.5 Å². The number of carbonyl (C=O) groups is 2. The second-order valence-electron chi connectivity index (χ2n) is 6.79. The molecule has 3 aromatic rings. The lowest BCUT2D eigenvalue weighted by atomic mass is 9.87. The zero-order valence-corrected chi connectivity index (χ0v) is 14.9. The lowest BCUT2D eigenvalue weighted by Gasteiger charge is -2.19. The number of hydrogen-bond acceptors (Lipinski definition) is 5. The predicted molar refractivity (Wildman–Crippen MR) is 98.2 cm³/mol. The van der Waals surface area contributed by atoms with Crippen molar-refractivity contribution in [3.63, 3.8) is 0 Å². The van der Waals surface area contributed by atoms with Crippen LogP contribution in [0.4, 0.5) is 0 Å². The first-order valence-corrected chi connectivity index (χ1v) is 8.51. The molecule has 0 amide bonds. The van der Waals surface area contributed by atoms with Crippen molar-refractivity contribution in [3.8, 4) is 5.75 Å². The molecule has 0 saturated heterocycles. The highest BCUT2D eigenvalue weighted by Gasteiger charge is 2.34. The van der Waals surface area contributed by atoms with E-state index in [-0.39, 0.29) is 23.4 Å². The van der Waals surface area contributed by atoms with Crippen molar-refractivity contribution in [1.29, 1.82) is 0 Å². The van der Waals surface area contributed by atoms with Crippen molar-refractivity contribution in [2.75, 3.05) is 20.7 Å². The number of ketones is 2. The van der Waals surface area contributed by atoms with E-state index in [1.807, 2.05) is 14.1 Å². The highest BCUT2D eigenvalue weighted by atomic mass is 16.5. The average Bonchev–Trinajstić information content (AvgIpc) is 3.03. The third-order valence-corrected chi connectivity index (χ3v) is 4.88. The third kappa shape index (κ3) is 2.52. The first kappa shape index (κ1) is 16.5. The minimum atomic E-state index is -0.255. The highest BCUT2D eigenvalue weighted by Crippen LogP contribution is 2.36. The molecule has 1 aliphatic carbocycles. The van der Waals surface area contributed by atoms with Gasteiger partial charge in [0.1, 0.15) is 17.9 Å². The quantitative estimate of drug-likeness (QED) is 0.564. The van der Waals surface area contributed by atoms with Crippen LogP contribution in [0.5, 0.6) is 5.75 Å². The molecule has 132 valence electrons. The lowest BCUT2D eigenvalue weighted by Crippen LogP contribution is -2.30. The number of carbonyl (C=O) groups excluding carboxylic acids is 2. The molecular formula is C21H19NO4. The fourth-order valence-corrected chi connectivity index (χ4v) is 3.05. The Hall–Kier alpha value is -2.92. The van der Waals surface area contributed by atoms with Crippen molar-refractivity contribution in [1.82, 2.24) is 4.90 Å². The number of fused-ring (bicyclic) bond motifs is 4. The molecule has 1 unspecified atom stereocenters. The van der Waals surface area contributed by atoms with Gasteiger partial charge in [-0.05, 0) is 33.2 Å². The van der Waals surface area contributed by atoms with Gasteiger partial charge < -0.3 is 14.1 Å². The molecule has 1 aromatic heterocycles. The third-order valence-electron chi connectivity index (χ3n) is 4.88. The van der Waals surface area contributed by atoms with Crippen LogP contribution in [0.15, 0.2) is 46.9 Å². The second-order valence-corrected chi connectivity index (χ2v) is 6.79. The molecule has 26 heavy (non-hydrogen) atoms. The zero-order chi connectivity index (χ0) is 18.4. The Labute approximate surface area is 151 Å². The van der Waals surface area contributed by atoms with E-state index in [1.54, 1.807) is 42.5 Å². The largest absolute Gasteiger partial charge is 0.492 e. The van der Waals surface area contributed by atoms with Crippen molar-refractivity contribution in [2.24, 2.45) is 0 Å². The molecule has 0 aliphatic heterocycles. The summed E-state index contributed by atoms with van der Waals surface area (Å²) in [5.74, 6) is 0.330. The first-order chi connectivity index (χ1) is 12.5. The van der Waals surface area contributed by atoms with Gasteiger partial charge in [-0.1, -0.05) is 24.3 Å². The van der Waals surface area contributed by atoms with E-state index < -0.39 is 0 Å². The summed E-state index contributed by atoms with van der Waals surface area (Å²) in [6, 6.07) is 12.4. The number of hydrogen-bond donors (Lipinski definition) is 0. The molecule has 0 bridgehead atoms. The van der Waals surface area contributed by atoms with Gasteiger partial charge in [0.15, 0.2) is 11.5 Å². The molecule has 1 aliphatic rings. The van der Waals surface area contributed by atoms with E-state index in [0.29, 0.717) is 40.0 Å². The highest BCUT2D eigenvalue weighted by molar-refractivity contribution is 6.31. The Balaban J connectivity index is 1.74. The normalized spacial score (nSPS) is 14.5. The maximum Gasteiger partial charge on any atom is 0.229 e. The lowest BCUT2D eigenvalue weighted by molar-refractivity contribution is 0.0962. The summed E-state index contributed by atoms with van der Waals surface area (Å²) in [5.41, 5.74) is 1.64. The summed E-state index contributed by atoms with van der Waals surface area (Å²) in [7, 11) is 3.99. The molecule has 4 rings (SSSR count). The Morgan fingerprint density at radius 3 is 2.42 bits per heavy atom. The molecule has 5 heteroatoms. The molecule has 5 nitrogen and oxygen atoms in total. The summed E-state index contributed by atoms with van der Waals surface area (Å²) < 4.78 is 11.6. The molecule has 0 N–H and O–H groups in total. The van der Waals surface area contributed by atoms with E-state index in [0.717, 1.165) is 0 Å². The number of ether oxygens (including phenoxy) is 1. The van der Waals surface area contributed by atoms with E-state index in [2.05, 4.69) is 11.8 Å². The van der Waals surface area contributed by atoms with Crippen LogP contribution in [0, 0.1) is 0 Å². The van der Waals surface area contributed by atoms with Gasteiger partial charge in [-0.25, -0.2) is 0 Å². The van der Waals surface area contributed by atoms with E-state index in [4.69, 9.17) is 9.15 Å². The fraction of sp³-hybridized carbons (Fsp3) is 0.238. The van der Waals surface area contributed by atoms with Crippen LogP contribution < -0.4 is 4.74 Å². The Bertz CT molecular complexity index is 1030. The van der Waals surface area contributed by atoms with Gasteiger partial charge in [0.25, 0.3) is 0 Å². The maximum atomic E-state index is 12.9. The summed E-state index contributed by atoms with van der Waals surface area (Å²) in [6.45, 7) is 2.60. The maximum absolute atomic E-state index is 12.9. The van der Waals surface area contributed by atoms with Gasteiger partial charge in [0.05, 0.1) is 5.56 Å². The molecule has 0 spiro atoms. The topological polar surface area (TPSA) is 59.8 Å². The zero-order valence-electron chi connectivity index (χ0n) is 14.9. The van der Waals surface area contributed by atoms with Crippen LogP contribution in [0.25, 0.3) is 11.0 Å². The molecule has 2 aromatic carbocycles. The van der Waals surface area contributed by atoms with Gasteiger partial charge in [-0.2, -0.15) is 0 Å². The summed E-state index contributed by atoms with van der Waals surface area (Å²) in [6.07, 6.45) is 0. The number of nitrogens with zero attached hydrogens (tertiary/aromatic N) is 1. The smallest absolute Gasteiger partial charge is 0.229 e. The SMILES string of the molecule is CC(COc1ccc2c3c(oc2c1)C(=O)c1ccccc1C3=O)N(C)C. The summed E-state index contributed by atoms with van der Waals surface area (Å²) in [5, 5.41) is 0.640. The summed E-state index contributed by atoms with van der Waals surface area (Å²) in [4.78, 5) is 27.6. The number of benzene rings is 2. The van der Waals surface area contributed by atoms with Gasteiger partial charge in [-0.3, -0.25) is 9.59 Å². The van der Waals surface area contributed by atoms with Gasteiger partial charge >= 0.3 is 0 Å². The molecule has 0 saturated carbocycles. The Kier molecular flexibility index (Phi) is 3.89. The average molecular weight is 349 g/mol. The van der Waals surface area contributed by atoms with Crippen LogP contribution >= 0.6 is 0 Å². The molecule has 1 atom stereocenters. The van der Waals surface area contributed by atoms with Crippen molar-refractivity contribution in [3.05, 3.63) is 64.9 Å². The molecule has 0 fully saturated rings. The number of furan rings is 1. The second kappa shape index (κ2) is 6.11. The van der Waals surface area contributed by atoms with Crippen LogP contribution in [0.2, 0.25) is 0 Å². The fourth-order valence-electron chi connectivity index (χ4n) is 3.05. The van der Waals surface area contributed by atoms with E-state index >= 15 is 0 Å². The minimum Gasteiger partial charge on any atom is -0.492 e. The van der Waals surface area contributed by atoms with Gasteiger partial charge in [0, 0.05) is 28.6 Å². The molecule has 0 radical (unpaired) electrons. The van der Waals surface area contributed by atoms with Crippen LogP contribution in [-0.4, -0.2) is 43.2 Å². The molecular weight excluding hydrogens is 330 g/mol. The van der Waals surface area contributed by atoms with Crippen molar-refractivity contribution < 1.29 is 18.7 Å². The van der Waals surface area contributed by atoms with Crippen LogP contribution in [0.3, 0.4) is 0 Å². The summed E-state index contributed by atoms with van der Waals surface area (Å²) >= 11 is 0. The number of rotatable bonds is 4. The molecule has 1 heterocycles. The predicted octanol–water partition coefficient (Wildman–Crippen LogP) is 3.54. The van der Waals surface area contributed by atoms with Gasteiger partial charge in [0.2, 0.25) is 5.78 Å². The minimum absolute atomic E-state index is 0.113. The van der Waals surface area contributed by atoms with E-state index in [1.165, 1.54) is 0 Å². The Morgan fingerprint density at radius 1 is 1.04 bits per heavy atom. The van der Waals surface area contributed by atoms with Gasteiger partial charge in [-0.15, -0.1) is 0 Å². The van der Waals surface area contributed by atoms with Crippen molar-refractivity contribution in [2.45, 2.75) is 13.0 Å². The monoisotopic (exact) mass is 349 g/mol. The standard InChI is InChI=1S/C21H19NO4/c1-12(22(2)3)11-25-13-8-9-16-17(10-13)26-21-18(16)19(23)14-6-4-5-7-15(14)20(21)24/h4-10,12H,11H2,1-3H3. The first-order valence-electron chi connectivity index (χ1n) is 8.51. The van der Waals surface area contributed by atoms with Crippen LogP contribution in [-0.2, 0) is 0 Å². The van der Waals surface area contributed by atoms with E-state index in [9.17, 15) is 9.59 Å². The van der Waals surface area contributed by atoms with Crippen LogP contribution in [0.1, 0.15) is 39.0 Å².